The Morgan fingerprint density at radius 3 is 0.514 bits per heavy atom. The van der Waals surface area contributed by atoms with Crippen LogP contribution in [0.5, 0.6) is 0 Å². The Labute approximate surface area is 209 Å². The normalized spacial score (nSPS) is 3.86. The van der Waals surface area contributed by atoms with Crippen molar-refractivity contribution < 1.29 is 0 Å². The van der Waals surface area contributed by atoms with Crippen molar-refractivity contribution in [1.82, 2.24) is 0 Å². The number of rotatable bonds is 0. The van der Waals surface area contributed by atoms with Crippen molar-refractivity contribution in [2.45, 2.75) is 0 Å². The summed E-state index contributed by atoms with van der Waals surface area (Å²) in [6.45, 7) is 0. The quantitative estimate of drug-likeness (QED) is 0.377. The Bertz CT molecular complexity index is 1940. The number of hydrogen-bond acceptors (Lipinski definition) is 0. The fourth-order valence-electron chi connectivity index (χ4n) is 0.978. The van der Waals surface area contributed by atoms with Crippen LogP contribution in [0.2, 0.25) is 0 Å². The van der Waals surface area contributed by atoms with Gasteiger partial charge in [-0.3, -0.25) is 0 Å². The van der Waals surface area contributed by atoms with Crippen LogP contribution in [0.4, 0.5) is 0 Å². The van der Waals surface area contributed by atoms with Crippen LogP contribution in [-0.4, -0.2) is 7.85 Å². The maximum absolute atomic E-state index is 4.92. The Morgan fingerprint density at radius 2 is 0.371 bits per heavy atom. The van der Waals surface area contributed by atoms with Gasteiger partial charge in [0.25, 0.3) is 0 Å². The second kappa shape index (κ2) is 26.6. The first-order valence-corrected chi connectivity index (χ1v) is 8.58. The van der Waals surface area contributed by atoms with Crippen molar-refractivity contribution in [3.63, 3.8) is 0 Å². The average Bonchev–Trinajstić information content (AvgIpc) is 2.87. The lowest BCUT2D eigenvalue weighted by Crippen LogP contribution is -1.57. The summed E-state index contributed by atoms with van der Waals surface area (Å²) < 4.78 is 0. The van der Waals surface area contributed by atoms with E-state index in [1.54, 1.807) is 0 Å². The van der Waals surface area contributed by atoms with Crippen LogP contribution in [0.15, 0.2) is 0 Å². The van der Waals surface area contributed by atoms with Gasteiger partial charge in [-0.25, -0.2) is 0 Å². The predicted octanol–water partition coefficient (Wildman–Crippen LogP) is -0.200. The summed E-state index contributed by atoms with van der Waals surface area (Å²) in [5.74, 6) is 80.7. The molecule has 0 heterocycles. The molecule has 0 N–H and O–H groups in total. The molecule has 0 amide bonds. The number of terminal acetylenes is 1. The van der Waals surface area contributed by atoms with E-state index in [1.807, 2.05) is 0 Å². The first-order valence-electron chi connectivity index (χ1n) is 8.58. The SMILES string of the molecule is [B]C#CC#CC#CC#CC#CC#CC#CC#CC#CC#CC#CC#CC#CC#CC#CC#CC#C. The van der Waals surface area contributed by atoms with Crippen molar-refractivity contribution in [1.29, 1.82) is 0 Å². The fourth-order valence-corrected chi connectivity index (χ4v) is 0.978. The largest absolute Gasteiger partial charge is 0.189 e. The molecule has 0 saturated carbocycles. The summed E-state index contributed by atoms with van der Waals surface area (Å²) in [6.07, 6.45) is 4.92. The van der Waals surface area contributed by atoms with Crippen LogP contribution in [0.1, 0.15) is 0 Å². The maximum atomic E-state index is 4.92. The van der Waals surface area contributed by atoms with E-state index < -0.39 is 0 Å². The molecule has 0 aliphatic rings. The highest BCUT2D eigenvalue weighted by atomic mass is 13.6. The van der Waals surface area contributed by atoms with Crippen LogP contribution in [0.25, 0.3) is 0 Å². The third-order valence-electron chi connectivity index (χ3n) is 2.02. The lowest BCUT2D eigenvalue weighted by molar-refractivity contribution is 2.32. The van der Waals surface area contributed by atoms with Crippen molar-refractivity contribution in [2.75, 3.05) is 0 Å². The van der Waals surface area contributed by atoms with E-state index in [9.17, 15) is 0 Å². The van der Waals surface area contributed by atoms with Gasteiger partial charge in [0.15, 0.2) is 7.85 Å². The summed E-state index contributed by atoms with van der Waals surface area (Å²) in [7, 11) is 4.92. The smallest absolute Gasteiger partial charge is 0.158 e. The molecule has 1 heteroatoms. The van der Waals surface area contributed by atoms with E-state index in [0.717, 1.165) is 0 Å². The van der Waals surface area contributed by atoms with Gasteiger partial charge in [-0.2, -0.15) is 5.82 Å². The molecule has 0 bridgehead atoms. The summed E-state index contributed by atoms with van der Waals surface area (Å²) >= 11 is 0. The van der Waals surface area contributed by atoms with Gasteiger partial charge in [-0.1, -0.05) is 0 Å². The van der Waals surface area contributed by atoms with Gasteiger partial charge < -0.3 is 0 Å². The minimum atomic E-state index is 2.12. The molecule has 0 unspecified atom stereocenters. The second-order valence-electron chi connectivity index (χ2n) is 4.16. The van der Waals surface area contributed by atoms with E-state index in [0.29, 0.717) is 0 Å². The zero-order valence-corrected chi connectivity index (χ0v) is 17.7. The maximum Gasteiger partial charge on any atom is 0.189 e. The summed E-state index contributed by atoms with van der Waals surface area (Å²) in [5.41, 5.74) is 0. The zero-order chi connectivity index (χ0) is 25.3. The van der Waals surface area contributed by atoms with Gasteiger partial charge in [-0.15, -0.1) is 6.42 Å². The lowest BCUT2D eigenvalue weighted by Gasteiger charge is -1.57. The van der Waals surface area contributed by atoms with Gasteiger partial charge in [0, 0.05) is 94.7 Å². The number of hydrogen-bond donors (Lipinski definition) is 0. The van der Waals surface area contributed by atoms with Crippen molar-refractivity contribution in [3.8, 4) is 202 Å². The first-order chi connectivity index (χ1) is 17.4. The third-order valence-corrected chi connectivity index (χ3v) is 2.02. The van der Waals surface area contributed by atoms with Gasteiger partial charge in [0.1, 0.15) is 0 Å². The van der Waals surface area contributed by atoms with Crippen molar-refractivity contribution >= 4 is 7.85 Å². The van der Waals surface area contributed by atoms with Crippen LogP contribution >= 0.6 is 0 Å². The standard InChI is InChI=1S/C34HB/c1-2-3-4-5-6-7-8-9-10-11-12-13-14-15-16-17-18-19-20-21-22-23-24-25-26-27-28-29-30-31-32-33-34-35/h1H. The lowest BCUT2D eigenvalue weighted by atomic mass is 10.2. The molecule has 140 valence electrons. The highest BCUT2D eigenvalue weighted by molar-refractivity contribution is 6.22. The molecule has 0 atom stereocenters. The van der Waals surface area contributed by atoms with Crippen LogP contribution < -0.4 is 0 Å². The van der Waals surface area contributed by atoms with E-state index >= 15 is 0 Å². The van der Waals surface area contributed by atoms with Crippen LogP contribution in [-0.2, 0) is 0 Å². The van der Waals surface area contributed by atoms with E-state index in [4.69, 9.17) is 14.3 Å². The molecule has 0 nitrogen and oxygen atoms in total. The van der Waals surface area contributed by atoms with Crippen LogP contribution in [0, 0.1) is 202 Å². The first kappa shape index (κ1) is 27.6. The summed E-state index contributed by atoms with van der Waals surface area (Å²) in [6, 6.07) is 0. The van der Waals surface area contributed by atoms with E-state index in [-0.39, 0.29) is 0 Å². The molecule has 0 aromatic heterocycles. The minimum absolute atomic E-state index is 2.12. The topological polar surface area (TPSA) is 0 Å². The Balaban J connectivity index is 4.49. The molecule has 0 aliphatic heterocycles. The zero-order valence-electron chi connectivity index (χ0n) is 17.7. The summed E-state index contributed by atoms with van der Waals surface area (Å²) in [5, 5.41) is 0. The van der Waals surface area contributed by atoms with Gasteiger partial charge in [0.2, 0.25) is 0 Å². The van der Waals surface area contributed by atoms with Crippen LogP contribution in [0.3, 0.4) is 0 Å². The Morgan fingerprint density at radius 1 is 0.229 bits per heavy atom. The minimum Gasteiger partial charge on any atom is -0.158 e. The van der Waals surface area contributed by atoms with Crippen molar-refractivity contribution in [3.05, 3.63) is 0 Å². The predicted molar refractivity (Wildman–Crippen MR) is 139 cm³/mol. The molecule has 35 heavy (non-hydrogen) atoms. The van der Waals surface area contributed by atoms with E-state index in [1.165, 1.54) is 0 Å². The van der Waals surface area contributed by atoms with Crippen molar-refractivity contribution in [2.24, 2.45) is 0 Å². The molecule has 0 spiro atoms. The van der Waals surface area contributed by atoms with Gasteiger partial charge in [0.05, 0.1) is 0 Å². The molecule has 0 aromatic rings. The molecule has 0 rings (SSSR count). The third kappa shape index (κ3) is 26.6. The molecule has 2 radical (unpaired) electrons. The second-order valence-corrected chi connectivity index (χ2v) is 4.16. The van der Waals surface area contributed by atoms with Gasteiger partial charge >= 0.3 is 0 Å². The summed E-state index contributed by atoms with van der Waals surface area (Å²) in [4.78, 5) is 0. The fraction of sp³-hybridized carbons (Fsp3) is 0. The average molecular weight is 420 g/mol. The molecule has 0 aromatic carbocycles. The molecular weight excluding hydrogens is 419 g/mol. The highest BCUT2D eigenvalue weighted by Gasteiger charge is 1.60. The van der Waals surface area contributed by atoms with Gasteiger partial charge in [-0.05, 0) is 94.7 Å². The Hall–Kier alpha value is -7.42. The van der Waals surface area contributed by atoms with E-state index in [2.05, 4.69) is 195 Å². The highest BCUT2D eigenvalue weighted by Crippen LogP contribution is 1.60. The molecule has 0 aliphatic carbocycles. The Kier molecular flexibility index (Phi) is 21.0. The monoisotopic (exact) mass is 420 g/mol. The molecular formula is C34HB. The molecule has 0 fully saturated rings. The molecule has 0 saturated heterocycles.